The number of nitrogens with two attached hydrogens (primary N) is 1. The lowest BCUT2D eigenvalue weighted by molar-refractivity contribution is -0.142. The molecule has 1 heterocycles. The Hall–Kier alpha value is -1.56. The molecule has 0 saturated heterocycles. The number of esters is 1. The van der Waals surface area contributed by atoms with Gasteiger partial charge in [0.15, 0.2) is 0 Å². The molecule has 0 aliphatic heterocycles. The third-order valence-electron chi connectivity index (χ3n) is 2.43. The maximum absolute atomic E-state index is 12.9. The Balaban J connectivity index is 3.16. The number of rotatable bonds is 5. The summed E-state index contributed by atoms with van der Waals surface area (Å²) < 4.78 is 30.6. The van der Waals surface area contributed by atoms with Crippen molar-refractivity contribution in [3.05, 3.63) is 28.6 Å². The van der Waals surface area contributed by atoms with Gasteiger partial charge in [-0.3, -0.25) is 9.78 Å². The molecule has 0 spiro atoms. The Morgan fingerprint density at radius 2 is 2.22 bits per heavy atom. The number of aromatic nitrogens is 1. The molecule has 0 amide bonds. The van der Waals surface area contributed by atoms with E-state index in [0.717, 1.165) is 0 Å². The van der Waals surface area contributed by atoms with Crippen LogP contribution in [0.5, 0.6) is 0 Å². The Kier molecular flexibility index (Phi) is 5.15. The van der Waals surface area contributed by atoms with E-state index >= 15 is 0 Å². The average Bonchev–Trinajstić information content (AvgIpc) is 2.30. The minimum Gasteiger partial charge on any atom is -0.466 e. The molecular weight excluding hydrogens is 242 g/mol. The number of carbonyl (C=O) groups excluding carboxylic acids is 1. The molecule has 2 N–H and O–H groups in total. The summed E-state index contributed by atoms with van der Waals surface area (Å²) in [6, 6.07) is 1.28. The fourth-order valence-corrected chi connectivity index (χ4v) is 1.72. The van der Waals surface area contributed by atoms with Crippen molar-refractivity contribution < 1.29 is 18.3 Å². The molecule has 0 unspecified atom stereocenters. The predicted octanol–water partition coefficient (Wildman–Crippen LogP) is 1.89. The van der Waals surface area contributed by atoms with Crippen molar-refractivity contribution in [2.24, 2.45) is 5.73 Å². The summed E-state index contributed by atoms with van der Waals surface area (Å²) in [4.78, 5) is 15.5. The average molecular weight is 258 g/mol. The third kappa shape index (κ3) is 3.46. The normalized spacial score (nSPS) is 10.8. The molecule has 0 aromatic carbocycles. The van der Waals surface area contributed by atoms with Crippen molar-refractivity contribution in [1.29, 1.82) is 0 Å². The molecule has 1 aromatic rings. The molecule has 0 fully saturated rings. The van der Waals surface area contributed by atoms with Crippen LogP contribution in [0.1, 0.15) is 35.9 Å². The largest absolute Gasteiger partial charge is 0.466 e. The van der Waals surface area contributed by atoms with Crippen LogP contribution in [0.2, 0.25) is 0 Å². The topological polar surface area (TPSA) is 65.2 Å². The van der Waals surface area contributed by atoms with Crippen LogP contribution in [0, 0.1) is 6.92 Å². The molecule has 0 bridgehead atoms. The van der Waals surface area contributed by atoms with Crippen molar-refractivity contribution in [3.63, 3.8) is 0 Å². The zero-order valence-electron chi connectivity index (χ0n) is 10.4. The van der Waals surface area contributed by atoms with Gasteiger partial charge in [-0.15, -0.1) is 0 Å². The number of ether oxygens (including phenoxy) is 1. The number of aryl methyl sites for hydroxylation is 1. The van der Waals surface area contributed by atoms with Gasteiger partial charge in [0.05, 0.1) is 18.7 Å². The fraction of sp³-hybridized carbons (Fsp3) is 0.500. The molecule has 0 radical (unpaired) electrons. The molecule has 100 valence electrons. The molecule has 1 aromatic heterocycles. The number of hydrogen-bond acceptors (Lipinski definition) is 4. The van der Waals surface area contributed by atoms with Crippen LogP contribution < -0.4 is 5.73 Å². The van der Waals surface area contributed by atoms with Crippen molar-refractivity contribution in [3.8, 4) is 0 Å². The third-order valence-corrected chi connectivity index (χ3v) is 2.43. The quantitative estimate of drug-likeness (QED) is 0.819. The van der Waals surface area contributed by atoms with Gasteiger partial charge in [-0.25, -0.2) is 8.78 Å². The summed E-state index contributed by atoms with van der Waals surface area (Å²) in [7, 11) is 0. The number of alkyl halides is 2. The SMILES string of the molecule is CCOC(=O)Cc1c(C(F)F)cc(C)nc1CN. The second-order valence-corrected chi connectivity index (χ2v) is 3.76. The molecule has 0 aliphatic carbocycles. The van der Waals surface area contributed by atoms with Gasteiger partial charge >= 0.3 is 5.97 Å². The van der Waals surface area contributed by atoms with Gasteiger partial charge in [0.2, 0.25) is 0 Å². The van der Waals surface area contributed by atoms with Gasteiger partial charge in [0.1, 0.15) is 0 Å². The molecule has 0 atom stereocenters. The highest BCUT2D eigenvalue weighted by atomic mass is 19.3. The van der Waals surface area contributed by atoms with Crippen LogP contribution in [-0.4, -0.2) is 17.6 Å². The van der Waals surface area contributed by atoms with Gasteiger partial charge in [0.25, 0.3) is 6.43 Å². The standard InChI is InChI=1S/C12H16F2N2O2/c1-3-18-11(17)5-8-9(12(13)14)4-7(2)16-10(8)6-15/h4,12H,3,5-6,15H2,1-2H3. The number of carbonyl (C=O) groups is 1. The summed E-state index contributed by atoms with van der Waals surface area (Å²) in [5.41, 5.74) is 6.23. The Bertz CT molecular complexity index is 436. The minimum absolute atomic E-state index is 0.0101. The van der Waals surface area contributed by atoms with E-state index < -0.39 is 12.4 Å². The summed E-state index contributed by atoms with van der Waals surface area (Å²) in [5.74, 6) is -0.556. The lowest BCUT2D eigenvalue weighted by Gasteiger charge is -2.13. The van der Waals surface area contributed by atoms with Gasteiger partial charge in [-0.05, 0) is 25.5 Å². The molecule has 6 heteroatoms. The van der Waals surface area contributed by atoms with E-state index in [2.05, 4.69) is 4.98 Å². The van der Waals surface area contributed by atoms with Crippen LogP contribution >= 0.6 is 0 Å². The van der Waals surface area contributed by atoms with Crippen LogP contribution in [0.15, 0.2) is 6.07 Å². The highest BCUT2D eigenvalue weighted by Crippen LogP contribution is 2.26. The lowest BCUT2D eigenvalue weighted by Crippen LogP contribution is -2.15. The molecular formula is C12H16F2N2O2. The van der Waals surface area contributed by atoms with E-state index in [4.69, 9.17) is 10.5 Å². The van der Waals surface area contributed by atoms with Crippen molar-refractivity contribution >= 4 is 5.97 Å². The molecule has 1 rings (SSSR count). The summed E-state index contributed by atoms with van der Waals surface area (Å²) in [6.45, 7) is 3.48. The van der Waals surface area contributed by atoms with E-state index in [9.17, 15) is 13.6 Å². The maximum Gasteiger partial charge on any atom is 0.310 e. The van der Waals surface area contributed by atoms with E-state index in [-0.39, 0.29) is 30.7 Å². The van der Waals surface area contributed by atoms with Crippen molar-refractivity contribution in [2.75, 3.05) is 6.61 Å². The maximum atomic E-state index is 12.9. The zero-order chi connectivity index (χ0) is 13.7. The first-order valence-electron chi connectivity index (χ1n) is 5.62. The van der Waals surface area contributed by atoms with E-state index in [1.54, 1.807) is 13.8 Å². The molecule has 0 saturated carbocycles. The van der Waals surface area contributed by atoms with Gasteiger partial charge in [0, 0.05) is 17.8 Å². The van der Waals surface area contributed by atoms with E-state index in [1.807, 2.05) is 0 Å². The monoisotopic (exact) mass is 258 g/mol. The second-order valence-electron chi connectivity index (χ2n) is 3.76. The Morgan fingerprint density at radius 3 is 2.72 bits per heavy atom. The molecule has 0 aliphatic rings. The highest BCUT2D eigenvalue weighted by molar-refractivity contribution is 5.73. The smallest absolute Gasteiger partial charge is 0.310 e. The van der Waals surface area contributed by atoms with E-state index in [0.29, 0.717) is 11.4 Å². The van der Waals surface area contributed by atoms with Crippen LogP contribution in [0.4, 0.5) is 8.78 Å². The Labute approximate surface area is 104 Å². The first-order valence-corrected chi connectivity index (χ1v) is 5.62. The number of halogens is 2. The van der Waals surface area contributed by atoms with Crippen LogP contribution in [-0.2, 0) is 22.5 Å². The zero-order valence-corrected chi connectivity index (χ0v) is 10.4. The summed E-state index contributed by atoms with van der Waals surface area (Å²) in [6.07, 6.45) is -2.89. The van der Waals surface area contributed by atoms with Gasteiger partial charge in [-0.1, -0.05) is 0 Å². The first-order chi connectivity index (χ1) is 8.49. The second kappa shape index (κ2) is 6.39. The Morgan fingerprint density at radius 1 is 1.56 bits per heavy atom. The highest BCUT2D eigenvalue weighted by Gasteiger charge is 2.20. The molecule has 4 nitrogen and oxygen atoms in total. The van der Waals surface area contributed by atoms with Gasteiger partial charge in [-0.2, -0.15) is 0 Å². The molecule has 18 heavy (non-hydrogen) atoms. The lowest BCUT2D eigenvalue weighted by atomic mass is 10.0. The van der Waals surface area contributed by atoms with Crippen LogP contribution in [0.3, 0.4) is 0 Å². The predicted molar refractivity (Wildman–Crippen MR) is 62.2 cm³/mol. The van der Waals surface area contributed by atoms with Crippen molar-refractivity contribution in [2.45, 2.75) is 33.2 Å². The number of nitrogens with zero attached hydrogens (tertiary/aromatic N) is 1. The first kappa shape index (κ1) is 14.5. The summed E-state index contributed by atoms with van der Waals surface area (Å²) >= 11 is 0. The number of hydrogen-bond donors (Lipinski definition) is 1. The fourth-order valence-electron chi connectivity index (χ4n) is 1.72. The minimum atomic E-state index is -2.67. The van der Waals surface area contributed by atoms with Gasteiger partial charge < -0.3 is 10.5 Å². The summed E-state index contributed by atoms with van der Waals surface area (Å²) in [5, 5.41) is 0. The van der Waals surface area contributed by atoms with Crippen molar-refractivity contribution in [1.82, 2.24) is 4.98 Å². The van der Waals surface area contributed by atoms with E-state index in [1.165, 1.54) is 6.07 Å². The number of pyridine rings is 1. The van der Waals surface area contributed by atoms with Crippen LogP contribution in [0.25, 0.3) is 0 Å².